The van der Waals surface area contributed by atoms with Crippen LogP contribution in [0.4, 0.5) is 0 Å². The van der Waals surface area contributed by atoms with Crippen LogP contribution in [0.5, 0.6) is 0 Å². The fourth-order valence-corrected chi connectivity index (χ4v) is 5.03. The molecule has 0 spiro atoms. The van der Waals surface area contributed by atoms with E-state index in [2.05, 4.69) is 5.10 Å². The minimum absolute atomic E-state index is 0.0603. The van der Waals surface area contributed by atoms with E-state index in [1.54, 1.807) is 6.07 Å². The first-order valence-electron chi connectivity index (χ1n) is 10.6. The molecular weight excluding hydrogens is 362 g/mol. The molecule has 2 heterocycles. The van der Waals surface area contributed by atoms with Gasteiger partial charge in [0.1, 0.15) is 0 Å². The molecule has 2 aromatic carbocycles. The molecule has 5 heteroatoms. The minimum Gasteiger partial charge on any atom is -0.337 e. The summed E-state index contributed by atoms with van der Waals surface area (Å²) in [7, 11) is 0. The third-order valence-corrected chi connectivity index (χ3v) is 6.59. The highest BCUT2D eigenvalue weighted by atomic mass is 16.2. The van der Waals surface area contributed by atoms with Gasteiger partial charge in [0.15, 0.2) is 5.69 Å². The van der Waals surface area contributed by atoms with Crippen molar-refractivity contribution in [1.82, 2.24) is 14.7 Å². The molecule has 1 saturated carbocycles. The number of para-hydroxylation sites is 1. The van der Waals surface area contributed by atoms with Crippen LogP contribution in [0, 0.1) is 11.8 Å². The molecule has 1 aliphatic heterocycles. The SMILES string of the molecule is O=C(c1nn(-c2ccccc2)c(=O)c2ccccc12)N1CC[C@@H]2CCCC[C@H]2C1. The summed E-state index contributed by atoms with van der Waals surface area (Å²) in [6.45, 7) is 1.59. The van der Waals surface area contributed by atoms with Crippen molar-refractivity contribution in [1.29, 1.82) is 0 Å². The quantitative estimate of drug-likeness (QED) is 0.667. The Hall–Kier alpha value is -2.95. The van der Waals surface area contributed by atoms with Gasteiger partial charge in [-0.1, -0.05) is 55.7 Å². The Morgan fingerprint density at radius 3 is 2.34 bits per heavy atom. The molecule has 1 aliphatic carbocycles. The second-order valence-electron chi connectivity index (χ2n) is 8.29. The van der Waals surface area contributed by atoms with E-state index in [0.29, 0.717) is 28.1 Å². The number of rotatable bonds is 2. The second kappa shape index (κ2) is 7.47. The molecule has 1 aromatic heterocycles. The van der Waals surface area contributed by atoms with E-state index in [9.17, 15) is 9.59 Å². The number of carbonyl (C=O) groups is 1. The lowest BCUT2D eigenvalue weighted by atomic mass is 9.75. The first-order chi connectivity index (χ1) is 14.2. The van der Waals surface area contributed by atoms with Crippen LogP contribution in [-0.2, 0) is 0 Å². The molecule has 0 radical (unpaired) electrons. The molecule has 2 aliphatic rings. The maximum atomic E-state index is 13.5. The Bertz CT molecular complexity index is 1110. The van der Waals surface area contributed by atoms with Crippen molar-refractivity contribution < 1.29 is 4.79 Å². The van der Waals surface area contributed by atoms with Crippen LogP contribution in [0.2, 0.25) is 0 Å². The fourth-order valence-electron chi connectivity index (χ4n) is 5.03. The zero-order chi connectivity index (χ0) is 19.8. The van der Waals surface area contributed by atoms with Gasteiger partial charge >= 0.3 is 0 Å². The highest BCUT2D eigenvalue weighted by molar-refractivity contribution is 6.04. The van der Waals surface area contributed by atoms with Crippen molar-refractivity contribution in [2.24, 2.45) is 11.8 Å². The van der Waals surface area contributed by atoms with Gasteiger partial charge in [-0.3, -0.25) is 9.59 Å². The largest absolute Gasteiger partial charge is 0.337 e. The standard InChI is InChI=1S/C24H25N3O2/c28-23-21-13-7-6-12-20(21)22(25-27(23)19-10-2-1-3-11-19)24(29)26-15-14-17-8-4-5-9-18(17)16-26/h1-3,6-7,10-13,17-18H,4-5,8-9,14-16H2/t17-,18-/m0/s1. The van der Waals surface area contributed by atoms with Crippen LogP contribution in [0.15, 0.2) is 59.4 Å². The molecular formula is C24H25N3O2. The minimum atomic E-state index is -0.200. The lowest BCUT2D eigenvalue weighted by Crippen LogP contribution is -2.45. The van der Waals surface area contributed by atoms with Crippen LogP contribution in [0.25, 0.3) is 16.5 Å². The van der Waals surface area contributed by atoms with E-state index < -0.39 is 0 Å². The third kappa shape index (κ3) is 3.24. The summed E-state index contributed by atoms with van der Waals surface area (Å²) in [6.07, 6.45) is 6.18. The highest BCUT2D eigenvalue weighted by Crippen LogP contribution is 2.36. The lowest BCUT2D eigenvalue weighted by Gasteiger charge is -2.41. The van der Waals surface area contributed by atoms with Gasteiger partial charge in [0.2, 0.25) is 0 Å². The van der Waals surface area contributed by atoms with E-state index >= 15 is 0 Å². The predicted molar refractivity (Wildman–Crippen MR) is 113 cm³/mol. The Labute approximate surface area is 170 Å². The molecule has 0 bridgehead atoms. The normalized spacial score (nSPS) is 21.7. The number of benzene rings is 2. The van der Waals surface area contributed by atoms with Crippen molar-refractivity contribution in [3.8, 4) is 5.69 Å². The van der Waals surface area contributed by atoms with Crippen LogP contribution < -0.4 is 5.56 Å². The highest BCUT2D eigenvalue weighted by Gasteiger charge is 2.34. The Morgan fingerprint density at radius 1 is 0.862 bits per heavy atom. The van der Waals surface area contributed by atoms with Crippen LogP contribution in [0.3, 0.4) is 0 Å². The van der Waals surface area contributed by atoms with E-state index in [1.165, 1.54) is 30.4 Å². The van der Waals surface area contributed by atoms with Crippen LogP contribution in [0.1, 0.15) is 42.6 Å². The van der Waals surface area contributed by atoms with E-state index in [1.807, 2.05) is 53.4 Å². The summed E-state index contributed by atoms with van der Waals surface area (Å²) >= 11 is 0. The Morgan fingerprint density at radius 2 is 1.55 bits per heavy atom. The molecule has 148 valence electrons. The molecule has 1 amide bonds. The number of nitrogens with zero attached hydrogens (tertiary/aromatic N) is 3. The number of likely N-dealkylation sites (tertiary alicyclic amines) is 1. The topological polar surface area (TPSA) is 55.2 Å². The zero-order valence-corrected chi connectivity index (χ0v) is 16.5. The van der Waals surface area contributed by atoms with Gasteiger partial charge in [-0.2, -0.15) is 9.78 Å². The van der Waals surface area contributed by atoms with Crippen molar-refractivity contribution in [3.05, 3.63) is 70.6 Å². The molecule has 0 N–H and O–H groups in total. The molecule has 5 nitrogen and oxygen atoms in total. The summed E-state index contributed by atoms with van der Waals surface area (Å²) in [5, 5.41) is 5.73. The maximum absolute atomic E-state index is 13.5. The van der Waals surface area contributed by atoms with Crippen molar-refractivity contribution in [3.63, 3.8) is 0 Å². The van der Waals surface area contributed by atoms with Gasteiger partial charge in [0.25, 0.3) is 11.5 Å². The number of fused-ring (bicyclic) bond motifs is 2. The summed E-state index contributed by atoms with van der Waals surface area (Å²) in [6, 6.07) is 16.6. The first kappa shape index (κ1) is 18.1. The molecule has 3 aromatic rings. The van der Waals surface area contributed by atoms with Crippen molar-refractivity contribution >= 4 is 16.7 Å². The first-order valence-corrected chi connectivity index (χ1v) is 10.6. The molecule has 29 heavy (non-hydrogen) atoms. The third-order valence-electron chi connectivity index (χ3n) is 6.59. The lowest BCUT2D eigenvalue weighted by molar-refractivity contribution is 0.0516. The monoisotopic (exact) mass is 387 g/mol. The number of hydrogen-bond acceptors (Lipinski definition) is 3. The fraction of sp³-hybridized carbons (Fsp3) is 0.375. The summed E-state index contributed by atoms with van der Waals surface area (Å²) in [4.78, 5) is 28.5. The van der Waals surface area contributed by atoms with Gasteiger partial charge < -0.3 is 4.90 Å². The van der Waals surface area contributed by atoms with Gasteiger partial charge in [0.05, 0.1) is 11.1 Å². The van der Waals surface area contributed by atoms with Gasteiger partial charge in [-0.15, -0.1) is 0 Å². The number of carbonyl (C=O) groups excluding carboxylic acids is 1. The molecule has 2 atom stereocenters. The number of piperidine rings is 1. The van der Waals surface area contributed by atoms with E-state index in [0.717, 1.165) is 25.4 Å². The van der Waals surface area contributed by atoms with Gasteiger partial charge in [0, 0.05) is 18.5 Å². The molecule has 0 unspecified atom stereocenters. The number of amides is 1. The average molecular weight is 387 g/mol. The summed E-state index contributed by atoms with van der Waals surface area (Å²) in [5.74, 6) is 1.30. The zero-order valence-electron chi connectivity index (χ0n) is 16.5. The Kier molecular flexibility index (Phi) is 4.66. The molecule has 1 saturated heterocycles. The molecule has 2 fully saturated rings. The van der Waals surface area contributed by atoms with Crippen LogP contribution >= 0.6 is 0 Å². The van der Waals surface area contributed by atoms with Gasteiger partial charge in [-0.05, 0) is 42.9 Å². The van der Waals surface area contributed by atoms with Crippen LogP contribution in [-0.4, -0.2) is 33.7 Å². The van der Waals surface area contributed by atoms with E-state index in [-0.39, 0.29) is 11.5 Å². The smallest absolute Gasteiger partial charge is 0.279 e. The Balaban J connectivity index is 1.58. The van der Waals surface area contributed by atoms with Gasteiger partial charge in [-0.25, -0.2) is 0 Å². The predicted octanol–water partition coefficient (Wildman–Crippen LogP) is 4.04. The second-order valence-corrected chi connectivity index (χ2v) is 8.29. The van der Waals surface area contributed by atoms with Crippen molar-refractivity contribution in [2.45, 2.75) is 32.1 Å². The van der Waals surface area contributed by atoms with Crippen molar-refractivity contribution in [2.75, 3.05) is 13.1 Å². The summed E-state index contributed by atoms with van der Waals surface area (Å²) in [5.41, 5.74) is 0.843. The number of aromatic nitrogens is 2. The van der Waals surface area contributed by atoms with E-state index in [4.69, 9.17) is 0 Å². The molecule has 5 rings (SSSR count). The summed E-state index contributed by atoms with van der Waals surface area (Å²) < 4.78 is 1.36. The maximum Gasteiger partial charge on any atom is 0.279 e. The number of hydrogen-bond donors (Lipinski definition) is 0. The average Bonchev–Trinajstić information content (AvgIpc) is 2.79.